The molecule has 0 aliphatic rings. The van der Waals surface area contributed by atoms with E-state index in [1.54, 1.807) is 24.4 Å². The largest absolute Gasteiger partial charge is 0.488 e. The van der Waals surface area contributed by atoms with Gasteiger partial charge < -0.3 is 10.0 Å². The first-order valence-electron chi connectivity index (χ1n) is 3.83. The van der Waals surface area contributed by atoms with Crippen LogP contribution in [0.1, 0.15) is 0 Å². The van der Waals surface area contributed by atoms with Gasteiger partial charge in [0.1, 0.15) is 6.33 Å². The predicted molar refractivity (Wildman–Crippen MR) is 49.4 cm³/mol. The van der Waals surface area contributed by atoms with Crippen molar-refractivity contribution in [2.45, 2.75) is 0 Å². The van der Waals surface area contributed by atoms with Crippen molar-refractivity contribution in [2.24, 2.45) is 0 Å². The molecule has 2 aromatic rings. The molecule has 0 aliphatic heterocycles. The first-order chi connectivity index (χ1) is 6.27. The second kappa shape index (κ2) is 3.12. The summed E-state index contributed by atoms with van der Waals surface area (Å²) in [6.45, 7) is 0. The predicted octanol–water partition coefficient (Wildman–Crippen LogP) is -0.690. The summed E-state index contributed by atoms with van der Waals surface area (Å²) in [6.07, 6.45) is 3.09. The highest BCUT2D eigenvalue weighted by Gasteiger charge is 2.10. The first-order valence-corrected chi connectivity index (χ1v) is 3.83. The van der Waals surface area contributed by atoms with Crippen molar-refractivity contribution < 1.29 is 10.0 Å². The third-order valence-electron chi connectivity index (χ3n) is 1.83. The second-order valence-corrected chi connectivity index (χ2v) is 2.71. The Morgan fingerprint density at radius 1 is 1.23 bits per heavy atom. The molecule has 0 bridgehead atoms. The van der Waals surface area contributed by atoms with E-state index in [9.17, 15) is 0 Å². The molecule has 13 heavy (non-hydrogen) atoms. The zero-order valence-corrected chi connectivity index (χ0v) is 6.75. The van der Waals surface area contributed by atoms with Crippen LogP contribution in [0, 0.1) is 0 Å². The number of nitrogens with zero attached hydrogens (tertiary/aromatic N) is 2. The van der Waals surface area contributed by atoms with Crippen LogP contribution in [0.5, 0.6) is 0 Å². The van der Waals surface area contributed by atoms with E-state index >= 15 is 0 Å². The van der Waals surface area contributed by atoms with Crippen LogP contribution in [0.3, 0.4) is 0 Å². The van der Waals surface area contributed by atoms with E-state index in [1.807, 2.05) is 0 Å². The molecular weight excluding hydrogens is 167 g/mol. The molecule has 1 heterocycles. The van der Waals surface area contributed by atoms with E-state index in [4.69, 9.17) is 10.0 Å². The molecule has 0 saturated carbocycles. The maximum absolute atomic E-state index is 8.90. The van der Waals surface area contributed by atoms with Crippen molar-refractivity contribution >= 4 is 23.5 Å². The standard InChI is InChI=1S/C8H7BN2O2/c12-9(13)7-1-2-8-6(3-7)4-10-5-11-8/h1-5,12-13H. The Balaban J connectivity index is 2.62. The Labute approximate surface area is 75.0 Å². The van der Waals surface area contributed by atoms with Crippen LogP contribution in [-0.4, -0.2) is 27.1 Å². The van der Waals surface area contributed by atoms with Crippen molar-refractivity contribution in [3.8, 4) is 0 Å². The van der Waals surface area contributed by atoms with E-state index in [2.05, 4.69) is 9.97 Å². The summed E-state index contributed by atoms with van der Waals surface area (Å²) < 4.78 is 0. The van der Waals surface area contributed by atoms with Gasteiger partial charge in [-0.1, -0.05) is 12.1 Å². The highest BCUT2D eigenvalue weighted by atomic mass is 16.4. The molecule has 0 fully saturated rings. The lowest BCUT2D eigenvalue weighted by Crippen LogP contribution is -2.29. The van der Waals surface area contributed by atoms with E-state index in [-0.39, 0.29) is 0 Å². The van der Waals surface area contributed by atoms with Gasteiger partial charge in [-0.3, -0.25) is 0 Å². The van der Waals surface area contributed by atoms with Crippen molar-refractivity contribution in [3.05, 3.63) is 30.7 Å². The lowest BCUT2D eigenvalue weighted by molar-refractivity contribution is 0.426. The molecule has 4 nitrogen and oxygen atoms in total. The summed E-state index contributed by atoms with van der Waals surface area (Å²) in [6, 6.07) is 5.01. The van der Waals surface area contributed by atoms with Crippen molar-refractivity contribution in [1.82, 2.24) is 9.97 Å². The van der Waals surface area contributed by atoms with Gasteiger partial charge in [-0.2, -0.15) is 0 Å². The molecule has 0 saturated heterocycles. The Hall–Kier alpha value is -1.46. The lowest BCUT2D eigenvalue weighted by atomic mass is 9.80. The third kappa shape index (κ3) is 1.51. The van der Waals surface area contributed by atoms with Crippen LogP contribution >= 0.6 is 0 Å². The summed E-state index contributed by atoms with van der Waals surface area (Å²) in [5.41, 5.74) is 1.24. The molecule has 0 amide bonds. The van der Waals surface area contributed by atoms with E-state index < -0.39 is 7.12 Å². The summed E-state index contributed by atoms with van der Waals surface area (Å²) in [5.74, 6) is 0. The molecule has 0 radical (unpaired) electrons. The van der Waals surface area contributed by atoms with E-state index in [0.29, 0.717) is 5.46 Å². The molecule has 5 heteroatoms. The monoisotopic (exact) mass is 174 g/mol. The fraction of sp³-hybridized carbons (Fsp3) is 0. The number of fused-ring (bicyclic) bond motifs is 1. The number of hydrogen-bond donors (Lipinski definition) is 2. The molecule has 2 rings (SSSR count). The van der Waals surface area contributed by atoms with Crippen LogP contribution in [0.2, 0.25) is 0 Å². The molecule has 1 aromatic heterocycles. The van der Waals surface area contributed by atoms with Gasteiger partial charge in [0.2, 0.25) is 0 Å². The van der Waals surface area contributed by atoms with Gasteiger partial charge >= 0.3 is 7.12 Å². The Morgan fingerprint density at radius 3 is 2.85 bits per heavy atom. The van der Waals surface area contributed by atoms with Gasteiger partial charge in [-0.15, -0.1) is 0 Å². The van der Waals surface area contributed by atoms with Gasteiger partial charge in [0.05, 0.1) is 5.52 Å². The fourth-order valence-electron chi connectivity index (χ4n) is 1.16. The minimum absolute atomic E-state index is 0.447. The zero-order chi connectivity index (χ0) is 9.26. The van der Waals surface area contributed by atoms with E-state index in [1.165, 1.54) is 6.33 Å². The number of hydrogen-bond acceptors (Lipinski definition) is 4. The van der Waals surface area contributed by atoms with Crippen molar-refractivity contribution in [3.63, 3.8) is 0 Å². The number of aromatic nitrogens is 2. The topological polar surface area (TPSA) is 66.2 Å². The Kier molecular flexibility index (Phi) is 1.96. The van der Waals surface area contributed by atoms with Gasteiger partial charge in [0.25, 0.3) is 0 Å². The van der Waals surface area contributed by atoms with Crippen LogP contribution in [0.4, 0.5) is 0 Å². The fourth-order valence-corrected chi connectivity index (χ4v) is 1.16. The highest BCUT2D eigenvalue weighted by Crippen LogP contribution is 2.06. The quantitative estimate of drug-likeness (QED) is 0.561. The highest BCUT2D eigenvalue weighted by molar-refractivity contribution is 6.58. The Bertz CT molecular complexity index is 433. The third-order valence-corrected chi connectivity index (χ3v) is 1.83. The van der Waals surface area contributed by atoms with Gasteiger partial charge in [-0.05, 0) is 11.5 Å². The average molecular weight is 174 g/mol. The summed E-state index contributed by atoms with van der Waals surface area (Å²) in [7, 11) is -1.44. The zero-order valence-electron chi connectivity index (χ0n) is 6.75. The van der Waals surface area contributed by atoms with E-state index in [0.717, 1.165) is 10.9 Å². The molecule has 64 valence electrons. The Morgan fingerprint density at radius 2 is 2.08 bits per heavy atom. The van der Waals surface area contributed by atoms with Gasteiger partial charge in [0.15, 0.2) is 0 Å². The second-order valence-electron chi connectivity index (χ2n) is 2.71. The van der Waals surface area contributed by atoms with Crippen LogP contribution in [0.15, 0.2) is 30.7 Å². The summed E-state index contributed by atoms with van der Waals surface area (Å²) in [4.78, 5) is 7.85. The average Bonchev–Trinajstić information content (AvgIpc) is 2.17. The first kappa shape index (κ1) is 8.16. The van der Waals surface area contributed by atoms with Gasteiger partial charge in [-0.25, -0.2) is 9.97 Å². The molecule has 0 aliphatic carbocycles. The van der Waals surface area contributed by atoms with Crippen LogP contribution < -0.4 is 5.46 Å². The maximum Gasteiger partial charge on any atom is 0.488 e. The number of rotatable bonds is 1. The van der Waals surface area contributed by atoms with Crippen LogP contribution in [-0.2, 0) is 0 Å². The molecule has 0 atom stereocenters. The molecule has 2 N–H and O–H groups in total. The van der Waals surface area contributed by atoms with Gasteiger partial charge in [0, 0.05) is 11.6 Å². The minimum atomic E-state index is -1.44. The molecule has 0 spiro atoms. The SMILES string of the molecule is OB(O)c1ccc2ncncc2c1. The molecular formula is C8H7BN2O2. The summed E-state index contributed by atoms with van der Waals surface area (Å²) >= 11 is 0. The maximum atomic E-state index is 8.90. The lowest BCUT2D eigenvalue weighted by Gasteiger charge is -2.00. The summed E-state index contributed by atoms with van der Waals surface area (Å²) in [5, 5.41) is 18.6. The molecule has 0 unspecified atom stereocenters. The molecule has 1 aromatic carbocycles. The number of benzene rings is 1. The smallest absolute Gasteiger partial charge is 0.423 e. The normalized spacial score (nSPS) is 10.3. The minimum Gasteiger partial charge on any atom is -0.423 e. The van der Waals surface area contributed by atoms with Crippen LogP contribution in [0.25, 0.3) is 10.9 Å². The van der Waals surface area contributed by atoms with Crippen molar-refractivity contribution in [2.75, 3.05) is 0 Å². The van der Waals surface area contributed by atoms with Crippen molar-refractivity contribution in [1.29, 1.82) is 0 Å².